The number of methoxy groups -OCH3 is 1. The number of aromatic nitrogens is 2. The summed E-state index contributed by atoms with van der Waals surface area (Å²) in [5.41, 5.74) is 4.97. The second-order valence-electron chi connectivity index (χ2n) is 10.6. The van der Waals surface area contributed by atoms with Gasteiger partial charge in [0, 0.05) is 34.3 Å². The highest BCUT2D eigenvalue weighted by Crippen LogP contribution is 2.42. The van der Waals surface area contributed by atoms with E-state index in [4.69, 9.17) is 26.8 Å². The Kier molecular flexibility index (Phi) is 9.38. The second-order valence-corrected chi connectivity index (χ2v) is 11.1. The molecule has 0 saturated carbocycles. The number of carbonyl (C=O) groups excluding carboxylic acids is 1. The molecule has 0 bridgehead atoms. The predicted octanol–water partition coefficient (Wildman–Crippen LogP) is 6.72. The first-order valence-corrected chi connectivity index (χ1v) is 13.6. The molecule has 0 radical (unpaired) electrons. The van der Waals surface area contributed by atoms with Gasteiger partial charge in [-0.2, -0.15) is 13.2 Å². The largest absolute Gasteiger partial charge is 0.496 e. The molecular weight excluding hydrogens is 599 g/mol. The van der Waals surface area contributed by atoms with Crippen LogP contribution in [0.15, 0.2) is 67.0 Å². The highest BCUT2D eigenvalue weighted by atomic mass is 35.5. The molecule has 0 saturated heterocycles. The minimum atomic E-state index is -4.55. The van der Waals surface area contributed by atoms with Crippen molar-refractivity contribution < 1.29 is 32.5 Å². The number of amides is 1. The zero-order chi connectivity index (χ0) is 32.4. The number of aliphatic hydroxyl groups is 1. The summed E-state index contributed by atoms with van der Waals surface area (Å²) in [6.07, 6.45) is -0.269. The third kappa shape index (κ3) is 7.39. The molecule has 1 aromatic heterocycles. The molecule has 9 nitrogen and oxygen atoms in total. The quantitative estimate of drug-likeness (QED) is 0.165. The summed E-state index contributed by atoms with van der Waals surface area (Å²) in [5.74, 6) is 0.255. The molecule has 232 valence electrons. The summed E-state index contributed by atoms with van der Waals surface area (Å²) in [6, 6.07) is 10.5. The zero-order valence-corrected chi connectivity index (χ0v) is 25.3. The molecule has 1 amide bonds. The topological polar surface area (TPSA) is 123 Å². The highest BCUT2D eigenvalue weighted by Gasteiger charge is 2.31. The lowest BCUT2D eigenvalue weighted by molar-refractivity contribution is -0.137. The number of primary amides is 1. The van der Waals surface area contributed by atoms with Gasteiger partial charge in [-0.05, 0) is 64.3 Å². The number of ether oxygens (including phenoxy) is 2. The van der Waals surface area contributed by atoms with Crippen LogP contribution in [-0.4, -0.2) is 47.1 Å². The van der Waals surface area contributed by atoms with Gasteiger partial charge in [0.25, 0.3) is 0 Å². The number of rotatable bonds is 10. The molecule has 0 spiro atoms. The van der Waals surface area contributed by atoms with Gasteiger partial charge >= 0.3 is 6.18 Å². The smallest absolute Gasteiger partial charge is 0.416 e. The molecule has 1 atom stereocenters. The Labute approximate surface area is 257 Å². The van der Waals surface area contributed by atoms with E-state index in [9.17, 15) is 23.1 Å². The summed E-state index contributed by atoms with van der Waals surface area (Å²) in [7, 11) is 5.19. The summed E-state index contributed by atoms with van der Waals surface area (Å²) >= 11 is 6.55. The van der Waals surface area contributed by atoms with Crippen molar-refractivity contribution in [2.75, 3.05) is 26.5 Å². The van der Waals surface area contributed by atoms with Crippen LogP contribution in [0, 0.1) is 0 Å². The Morgan fingerprint density at radius 3 is 2.45 bits per heavy atom. The fourth-order valence-corrected chi connectivity index (χ4v) is 4.78. The van der Waals surface area contributed by atoms with Crippen molar-refractivity contribution in [2.24, 2.45) is 5.73 Å². The maximum absolute atomic E-state index is 13.2. The van der Waals surface area contributed by atoms with Crippen molar-refractivity contribution in [3.05, 3.63) is 88.7 Å². The van der Waals surface area contributed by atoms with E-state index >= 15 is 0 Å². The number of fused-ring (bicyclic) bond motifs is 1. The third-order valence-corrected chi connectivity index (χ3v) is 6.97. The number of nitrogens with one attached hydrogen (secondary N) is 1. The fraction of sp³-hybridized carbons (Fsp3) is 0.258. The molecule has 0 fully saturated rings. The number of nitrogens with two attached hydrogens (primary N) is 1. The molecular formula is C31H31ClF3N5O4. The molecule has 0 aliphatic carbocycles. The summed E-state index contributed by atoms with van der Waals surface area (Å²) in [5, 5.41) is 14.9. The van der Waals surface area contributed by atoms with E-state index in [0.29, 0.717) is 39.3 Å². The van der Waals surface area contributed by atoms with E-state index in [0.717, 1.165) is 12.1 Å². The van der Waals surface area contributed by atoms with Gasteiger partial charge in [-0.15, -0.1) is 0 Å². The third-order valence-electron chi connectivity index (χ3n) is 6.68. The van der Waals surface area contributed by atoms with Crippen LogP contribution in [0.25, 0.3) is 10.9 Å². The number of hydrogen-bond acceptors (Lipinski definition) is 8. The van der Waals surface area contributed by atoms with Crippen molar-refractivity contribution in [3.63, 3.8) is 0 Å². The van der Waals surface area contributed by atoms with E-state index in [-0.39, 0.29) is 16.5 Å². The number of halogens is 4. The van der Waals surface area contributed by atoms with Crippen LogP contribution in [0.4, 0.5) is 24.7 Å². The molecule has 4 rings (SSSR count). The number of alkyl halides is 3. The van der Waals surface area contributed by atoms with Crippen LogP contribution in [0.5, 0.6) is 17.2 Å². The van der Waals surface area contributed by atoms with Gasteiger partial charge in [0.05, 0.1) is 34.9 Å². The first kappa shape index (κ1) is 32.5. The second kappa shape index (κ2) is 12.7. The van der Waals surface area contributed by atoms with E-state index in [1.807, 2.05) is 25.1 Å². The molecule has 0 aliphatic rings. The molecule has 3 aromatic carbocycles. The van der Waals surface area contributed by atoms with Crippen molar-refractivity contribution in [1.29, 1.82) is 0 Å². The number of nitrogens with zero attached hydrogens (tertiary/aromatic N) is 3. The van der Waals surface area contributed by atoms with Gasteiger partial charge in [-0.3, -0.25) is 9.69 Å². The van der Waals surface area contributed by atoms with Gasteiger partial charge in [0.2, 0.25) is 5.91 Å². The van der Waals surface area contributed by atoms with Crippen molar-refractivity contribution in [3.8, 4) is 17.2 Å². The Bertz CT molecular complexity index is 1720. The van der Waals surface area contributed by atoms with Crippen molar-refractivity contribution in [1.82, 2.24) is 14.9 Å². The lowest BCUT2D eigenvalue weighted by Crippen LogP contribution is -2.20. The van der Waals surface area contributed by atoms with Crippen LogP contribution in [0.2, 0.25) is 5.02 Å². The SMILES string of the molecule is COc1cc2ncnc(Nc3cc(Cl)c(Oc4cccc(C(F)(F)F)c4)cc3C(C)(C)O)c2cc1C(C=CC(N)=O)N(C)C. The van der Waals surface area contributed by atoms with Crippen molar-refractivity contribution in [2.45, 2.75) is 31.7 Å². The van der Waals surface area contributed by atoms with E-state index in [2.05, 4.69) is 15.3 Å². The number of carbonyl (C=O) groups is 1. The molecule has 44 heavy (non-hydrogen) atoms. The first-order chi connectivity index (χ1) is 20.6. The van der Waals surface area contributed by atoms with Gasteiger partial charge < -0.3 is 25.6 Å². The van der Waals surface area contributed by atoms with Gasteiger partial charge in [0.15, 0.2) is 0 Å². The Balaban J connectivity index is 1.81. The molecule has 4 aromatic rings. The van der Waals surface area contributed by atoms with E-state index in [1.165, 1.54) is 43.8 Å². The van der Waals surface area contributed by atoms with Crippen LogP contribution in [0.3, 0.4) is 0 Å². The standard InChI is InChI=1S/C31H31ClF3N5O4/c1-30(2,42)21-13-27(44-18-8-6-7-17(11-18)31(33,34)35)22(32)14-24(21)39-29-19-12-20(25(40(3)4)9-10-28(36)41)26(43-5)15-23(19)37-16-38-29/h6-16,25,42H,1-5H3,(H2,36,41)(H,37,38,39). The number of benzene rings is 3. The lowest BCUT2D eigenvalue weighted by atomic mass is 9.95. The number of likely N-dealkylation sites (N-methyl/N-ethyl adjacent to an activating group) is 1. The van der Waals surface area contributed by atoms with Gasteiger partial charge in [-0.25, -0.2) is 9.97 Å². The van der Waals surface area contributed by atoms with E-state index in [1.54, 1.807) is 26.0 Å². The average molecular weight is 630 g/mol. The van der Waals surface area contributed by atoms with Gasteiger partial charge in [0.1, 0.15) is 29.4 Å². The molecule has 4 N–H and O–H groups in total. The normalized spacial score (nSPS) is 13.0. The molecule has 13 heteroatoms. The Hall–Kier alpha value is -4.39. The monoisotopic (exact) mass is 629 g/mol. The van der Waals surface area contributed by atoms with Crippen LogP contribution in [0.1, 0.15) is 36.6 Å². The number of anilines is 2. The summed E-state index contributed by atoms with van der Waals surface area (Å²) in [6.45, 7) is 3.09. The molecule has 0 aliphatic heterocycles. The maximum Gasteiger partial charge on any atom is 0.416 e. The highest BCUT2D eigenvalue weighted by molar-refractivity contribution is 6.32. The molecule has 1 heterocycles. The zero-order valence-electron chi connectivity index (χ0n) is 24.5. The van der Waals surface area contributed by atoms with Gasteiger partial charge in [-0.1, -0.05) is 23.7 Å². The fourth-order valence-electron chi connectivity index (χ4n) is 4.58. The lowest BCUT2D eigenvalue weighted by Gasteiger charge is -2.25. The summed E-state index contributed by atoms with van der Waals surface area (Å²) < 4.78 is 51.1. The minimum absolute atomic E-state index is 0.0447. The molecule has 1 unspecified atom stereocenters. The first-order valence-electron chi connectivity index (χ1n) is 13.2. The Morgan fingerprint density at radius 2 is 1.84 bits per heavy atom. The van der Waals surface area contributed by atoms with Crippen LogP contribution < -0.4 is 20.5 Å². The maximum atomic E-state index is 13.2. The Morgan fingerprint density at radius 1 is 1.11 bits per heavy atom. The average Bonchev–Trinajstić information content (AvgIpc) is 2.93. The minimum Gasteiger partial charge on any atom is -0.496 e. The predicted molar refractivity (Wildman–Crippen MR) is 162 cm³/mol. The van der Waals surface area contributed by atoms with Crippen LogP contribution >= 0.6 is 11.6 Å². The van der Waals surface area contributed by atoms with Crippen LogP contribution in [-0.2, 0) is 16.6 Å². The summed E-state index contributed by atoms with van der Waals surface area (Å²) in [4.78, 5) is 22.1. The number of hydrogen-bond donors (Lipinski definition) is 3. The van der Waals surface area contributed by atoms with Crippen molar-refractivity contribution >= 4 is 39.9 Å². The van der Waals surface area contributed by atoms with E-state index < -0.39 is 29.3 Å².